The molecule has 0 aromatic rings. The van der Waals surface area contributed by atoms with Gasteiger partial charge >= 0.3 is 17.9 Å². The van der Waals surface area contributed by atoms with Crippen molar-refractivity contribution in [2.45, 2.75) is 107 Å². The van der Waals surface area contributed by atoms with E-state index in [1.54, 1.807) is 13.0 Å². The van der Waals surface area contributed by atoms with Gasteiger partial charge in [0.1, 0.15) is 6.61 Å². The number of carboxylic acids is 1. The number of rotatable bonds is 5. The molecule has 0 unspecified atom stereocenters. The molecule has 0 bridgehead atoms. The van der Waals surface area contributed by atoms with Crippen LogP contribution in [0.25, 0.3) is 0 Å². The van der Waals surface area contributed by atoms with Gasteiger partial charge in [-0.05, 0) is 87.5 Å². The minimum Gasteiger partial charge on any atom is -0.481 e. The lowest BCUT2D eigenvalue weighted by molar-refractivity contribution is -0.266. The van der Waals surface area contributed by atoms with Crippen molar-refractivity contribution in [3.63, 3.8) is 0 Å². The highest BCUT2D eigenvalue weighted by Crippen LogP contribution is 2.70. The Morgan fingerprint density at radius 1 is 1.07 bits per heavy atom. The maximum absolute atomic E-state index is 13.2. The van der Waals surface area contributed by atoms with Crippen LogP contribution in [-0.2, 0) is 33.3 Å². The third kappa shape index (κ3) is 3.98. The van der Waals surface area contributed by atoms with Crippen molar-refractivity contribution < 1.29 is 53.8 Å². The first-order valence-corrected chi connectivity index (χ1v) is 14.9. The SMILES string of the molecule is COC(=O)[C@@]1(O)C[C@@H](C)O[C@H]1O[C@@H]1C[C@@H]2CC[C@@H]3[C@H](CC[C@]4(C)[C@@H](C5=CC(=O)OC5)CC[C@]34O)[C@@]2(C(=O)O)C[C@H]1O. The van der Waals surface area contributed by atoms with Crippen LogP contribution in [0, 0.1) is 34.5 Å². The number of aliphatic carboxylic acids is 1. The van der Waals surface area contributed by atoms with Crippen LogP contribution < -0.4 is 0 Å². The molecule has 6 aliphatic rings. The van der Waals surface area contributed by atoms with E-state index in [-0.39, 0.29) is 55.5 Å². The summed E-state index contributed by atoms with van der Waals surface area (Å²) in [6, 6.07) is 0. The molecule has 0 aromatic heterocycles. The van der Waals surface area contributed by atoms with Crippen LogP contribution in [-0.4, -0.2) is 87.9 Å². The molecule has 11 nitrogen and oxygen atoms in total. The summed E-state index contributed by atoms with van der Waals surface area (Å²) in [5, 5.41) is 45.6. The highest BCUT2D eigenvalue weighted by Gasteiger charge is 2.71. The standard InChI is InChI=1S/C30H42O11/c1-15-12-29(36,25(35)38-3)26(40-15)41-22-11-17-4-5-20-19(28(17,24(33)34)13-21(22)31)6-8-27(2)18(7-9-30(20,27)37)16-10-23(32)39-14-16/h10,15,17-22,26,31,36-37H,4-9,11-14H2,1-3H3,(H,33,34)/t15-,17+,18-,19+,20-,21-,22-,26+,27-,28-,29+,30+/m1/s1. The molecule has 6 rings (SSSR count). The summed E-state index contributed by atoms with van der Waals surface area (Å²) in [6.07, 6.45) is 1.50. The first kappa shape index (κ1) is 29.0. The summed E-state index contributed by atoms with van der Waals surface area (Å²) >= 11 is 0. The Kier molecular flexibility index (Phi) is 6.90. The zero-order valence-corrected chi connectivity index (χ0v) is 23.9. The van der Waals surface area contributed by atoms with Gasteiger partial charge in [-0.1, -0.05) is 6.92 Å². The zero-order chi connectivity index (χ0) is 29.5. The number of carbonyl (C=O) groups excluding carboxylic acids is 2. The second-order valence-corrected chi connectivity index (χ2v) is 13.7. The molecular formula is C30H42O11. The molecule has 1 saturated heterocycles. The summed E-state index contributed by atoms with van der Waals surface area (Å²) in [7, 11) is 1.17. The number of esters is 2. The third-order valence-corrected chi connectivity index (χ3v) is 12.1. The molecule has 228 valence electrons. The number of cyclic esters (lactones) is 1. The van der Waals surface area contributed by atoms with Crippen molar-refractivity contribution in [3.05, 3.63) is 11.6 Å². The molecule has 2 aliphatic heterocycles. The monoisotopic (exact) mass is 578 g/mol. The van der Waals surface area contributed by atoms with Gasteiger partial charge in [-0.25, -0.2) is 9.59 Å². The van der Waals surface area contributed by atoms with Gasteiger partial charge in [-0.15, -0.1) is 0 Å². The smallest absolute Gasteiger partial charge is 0.343 e. The first-order chi connectivity index (χ1) is 19.3. The fraction of sp³-hybridized carbons (Fsp3) is 0.833. The fourth-order valence-corrected chi connectivity index (χ4v) is 10.1. The Morgan fingerprint density at radius 2 is 1.83 bits per heavy atom. The van der Waals surface area contributed by atoms with Crippen molar-refractivity contribution in [2.24, 2.45) is 34.5 Å². The number of hydrogen-bond acceptors (Lipinski definition) is 10. The van der Waals surface area contributed by atoms with Gasteiger partial charge in [0.25, 0.3) is 0 Å². The van der Waals surface area contributed by atoms with E-state index in [1.807, 2.05) is 0 Å². The van der Waals surface area contributed by atoms with Crippen LogP contribution in [0.1, 0.15) is 71.6 Å². The second-order valence-electron chi connectivity index (χ2n) is 13.7. The zero-order valence-electron chi connectivity index (χ0n) is 23.9. The van der Waals surface area contributed by atoms with E-state index in [9.17, 15) is 34.8 Å². The molecular weight excluding hydrogens is 536 g/mol. The summed E-state index contributed by atoms with van der Waals surface area (Å²) in [5.74, 6) is -3.12. The van der Waals surface area contributed by atoms with Crippen molar-refractivity contribution in [1.29, 1.82) is 0 Å². The molecule has 0 amide bonds. The molecule has 0 aromatic carbocycles. The second kappa shape index (κ2) is 9.74. The van der Waals surface area contributed by atoms with E-state index in [0.717, 1.165) is 5.57 Å². The van der Waals surface area contributed by atoms with Gasteiger partial charge in [0, 0.05) is 17.9 Å². The summed E-state index contributed by atoms with van der Waals surface area (Å²) in [4.78, 5) is 37.4. The van der Waals surface area contributed by atoms with Gasteiger partial charge in [0.15, 0.2) is 6.29 Å². The van der Waals surface area contributed by atoms with Crippen molar-refractivity contribution >= 4 is 17.9 Å². The molecule has 11 heteroatoms. The van der Waals surface area contributed by atoms with E-state index < -0.39 is 58.6 Å². The molecule has 2 heterocycles. The maximum Gasteiger partial charge on any atom is 0.343 e. The average Bonchev–Trinajstić information content (AvgIpc) is 3.56. The number of ether oxygens (including phenoxy) is 4. The van der Waals surface area contributed by atoms with E-state index in [4.69, 9.17) is 18.9 Å². The molecule has 4 N–H and O–H groups in total. The Morgan fingerprint density at radius 3 is 2.49 bits per heavy atom. The first-order valence-electron chi connectivity index (χ1n) is 14.9. The highest BCUT2D eigenvalue weighted by molar-refractivity contribution is 5.85. The van der Waals surface area contributed by atoms with E-state index >= 15 is 0 Å². The van der Waals surface area contributed by atoms with Crippen LogP contribution in [0.5, 0.6) is 0 Å². The minimum atomic E-state index is -2.02. The van der Waals surface area contributed by atoms with Crippen molar-refractivity contribution in [1.82, 2.24) is 0 Å². The number of carboxylic acid groups (broad SMARTS) is 1. The molecule has 5 fully saturated rings. The lowest BCUT2D eigenvalue weighted by atomic mass is 9.42. The number of methoxy groups -OCH3 is 1. The van der Waals surface area contributed by atoms with Crippen LogP contribution >= 0.6 is 0 Å². The van der Waals surface area contributed by atoms with Crippen molar-refractivity contribution in [3.8, 4) is 0 Å². The van der Waals surface area contributed by atoms with E-state index in [0.29, 0.717) is 38.5 Å². The van der Waals surface area contributed by atoms with Gasteiger partial charge in [0.05, 0.1) is 36.4 Å². The molecule has 12 atom stereocenters. The Balaban J connectivity index is 1.26. The van der Waals surface area contributed by atoms with Crippen LogP contribution in [0.15, 0.2) is 11.6 Å². The van der Waals surface area contributed by atoms with Crippen molar-refractivity contribution in [2.75, 3.05) is 13.7 Å². The summed E-state index contributed by atoms with van der Waals surface area (Å²) < 4.78 is 21.7. The number of aliphatic hydroxyl groups is 3. The molecule has 41 heavy (non-hydrogen) atoms. The van der Waals surface area contributed by atoms with Gasteiger partial charge in [-0.2, -0.15) is 0 Å². The number of fused-ring (bicyclic) bond motifs is 5. The average molecular weight is 579 g/mol. The summed E-state index contributed by atoms with van der Waals surface area (Å²) in [6.45, 7) is 4.02. The predicted molar refractivity (Wildman–Crippen MR) is 140 cm³/mol. The number of aliphatic hydroxyl groups excluding tert-OH is 1. The molecule has 4 aliphatic carbocycles. The lowest BCUT2D eigenvalue weighted by Gasteiger charge is -2.63. The Labute approximate surface area is 239 Å². The normalized spacial score (nSPS) is 50.8. The van der Waals surface area contributed by atoms with E-state index in [1.165, 1.54) is 7.11 Å². The fourth-order valence-electron chi connectivity index (χ4n) is 10.1. The predicted octanol–water partition coefficient (Wildman–Crippen LogP) is 1.70. The maximum atomic E-state index is 13.2. The topological polar surface area (TPSA) is 169 Å². The van der Waals surface area contributed by atoms with Crippen LogP contribution in [0.3, 0.4) is 0 Å². The van der Waals surface area contributed by atoms with Crippen LogP contribution in [0.4, 0.5) is 0 Å². The Hall–Kier alpha value is -2.05. The quantitative estimate of drug-likeness (QED) is 0.350. The van der Waals surface area contributed by atoms with Gasteiger partial charge < -0.3 is 39.4 Å². The largest absolute Gasteiger partial charge is 0.481 e. The van der Waals surface area contributed by atoms with E-state index in [2.05, 4.69) is 6.92 Å². The van der Waals surface area contributed by atoms with Crippen LogP contribution in [0.2, 0.25) is 0 Å². The summed E-state index contributed by atoms with van der Waals surface area (Å²) in [5.41, 5.74) is -3.95. The molecule has 4 saturated carbocycles. The third-order valence-electron chi connectivity index (χ3n) is 12.1. The van der Waals surface area contributed by atoms with Gasteiger partial charge in [0.2, 0.25) is 5.60 Å². The molecule has 0 radical (unpaired) electrons. The number of hydrogen-bond donors (Lipinski definition) is 4. The number of carbonyl (C=O) groups is 3. The highest BCUT2D eigenvalue weighted by atomic mass is 16.7. The minimum absolute atomic E-state index is 0.00418. The van der Waals surface area contributed by atoms with Gasteiger partial charge in [-0.3, -0.25) is 4.79 Å². The molecule has 0 spiro atoms. The lowest BCUT2D eigenvalue weighted by Crippen LogP contribution is -2.66. The Bertz CT molecular complexity index is 1150.